The molecular weight excluding hydrogens is 288 g/mol. The van der Waals surface area contributed by atoms with Gasteiger partial charge in [0, 0.05) is 5.56 Å². The highest BCUT2D eigenvalue weighted by atomic mass is 32.1. The largest absolute Gasteiger partial charge is 0.478 e. The van der Waals surface area contributed by atoms with E-state index in [0.717, 1.165) is 10.2 Å². The van der Waals surface area contributed by atoms with Crippen molar-refractivity contribution < 1.29 is 14.7 Å². The second kappa shape index (κ2) is 5.34. The summed E-state index contributed by atoms with van der Waals surface area (Å²) in [6.07, 6.45) is 0. The smallest absolute Gasteiger partial charge is 0.335 e. The van der Waals surface area contributed by atoms with E-state index in [-0.39, 0.29) is 17.0 Å². The first-order chi connectivity index (χ1) is 10.1. The van der Waals surface area contributed by atoms with Gasteiger partial charge in [0.05, 0.1) is 15.8 Å². The molecule has 1 heterocycles. The van der Waals surface area contributed by atoms with Crippen LogP contribution in [0.25, 0.3) is 10.2 Å². The van der Waals surface area contributed by atoms with Crippen LogP contribution in [-0.2, 0) is 0 Å². The number of nitrogens with zero attached hydrogens (tertiary/aromatic N) is 1. The van der Waals surface area contributed by atoms with Crippen LogP contribution in [0.2, 0.25) is 0 Å². The van der Waals surface area contributed by atoms with Crippen molar-refractivity contribution in [3.8, 4) is 0 Å². The summed E-state index contributed by atoms with van der Waals surface area (Å²) in [6.45, 7) is 0. The van der Waals surface area contributed by atoms with Crippen LogP contribution in [0.3, 0.4) is 0 Å². The zero-order valence-corrected chi connectivity index (χ0v) is 11.6. The molecule has 3 aromatic rings. The molecule has 0 bridgehead atoms. The Morgan fingerprint density at radius 3 is 2.57 bits per heavy atom. The van der Waals surface area contributed by atoms with Crippen molar-refractivity contribution in [2.45, 2.75) is 0 Å². The number of hydrogen-bond acceptors (Lipinski definition) is 4. The van der Waals surface area contributed by atoms with Gasteiger partial charge in [-0.3, -0.25) is 10.1 Å². The van der Waals surface area contributed by atoms with Gasteiger partial charge in [-0.15, -0.1) is 0 Å². The quantitative estimate of drug-likeness (QED) is 0.778. The molecule has 1 aromatic heterocycles. The third kappa shape index (κ3) is 2.75. The maximum Gasteiger partial charge on any atom is 0.335 e. The standard InChI is InChI=1S/C15H10N2O3S/c18-13(9-4-3-5-10(8-9)14(19)20)17-15-16-11-6-1-2-7-12(11)21-15/h1-8H,(H,19,20)(H,16,17,18). The lowest BCUT2D eigenvalue weighted by Gasteiger charge is -2.02. The first-order valence-electron chi connectivity index (χ1n) is 6.14. The van der Waals surface area contributed by atoms with Crippen LogP contribution >= 0.6 is 11.3 Å². The lowest BCUT2D eigenvalue weighted by atomic mass is 10.1. The van der Waals surface area contributed by atoms with Crippen LogP contribution in [0.15, 0.2) is 48.5 Å². The van der Waals surface area contributed by atoms with Crippen LogP contribution < -0.4 is 5.32 Å². The predicted octanol–water partition coefficient (Wildman–Crippen LogP) is 3.25. The van der Waals surface area contributed by atoms with Crippen LogP contribution in [0, 0.1) is 0 Å². The average molecular weight is 298 g/mol. The summed E-state index contributed by atoms with van der Waals surface area (Å²) in [5.41, 5.74) is 1.18. The minimum atomic E-state index is -1.07. The number of benzene rings is 2. The highest BCUT2D eigenvalue weighted by Gasteiger charge is 2.12. The lowest BCUT2D eigenvalue weighted by Crippen LogP contribution is -2.12. The monoisotopic (exact) mass is 298 g/mol. The molecule has 0 spiro atoms. The molecule has 104 valence electrons. The van der Waals surface area contributed by atoms with Gasteiger partial charge in [-0.25, -0.2) is 9.78 Å². The van der Waals surface area contributed by atoms with Crippen molar-refractivity contribution >= 4 is 38.6 Å². The fourth-order valence-electron chi connectivity index (χ4n) is 1.89. The molecule has 1 amide bonds. The summed E-state index contributed by atoms with van der Waals surface area (Å²) < 4.78 is 0.979. The van der Waals surface area contributed by atoms with Crippen LogP contribution in [0.1, 0.15) is 20.7 Å². The number of rotatable bonds is 3. The van der Waals surface area contributed by atoms with Crippen LogP contribution in [-0.4, -0.2) is 22.0 Å². The van der Waals surface area contributed by atoms with E-state index in [2.05, 4.69) is 10.3 Å². The van der Waals surface area contributed by atoms with Crippen molar-refractivity contribution in [1.82, 2.24) is 4.98 Å². The van der Waals surface area contributed by atoms with Gasteiger partial charge in [0.15, 0.2) is 5.13 Å². The Morgan fingerprint density at radius 2 is 1.81 bits per heavy atom. The average Bonchev–Trinajstić information content (AvgIpc) is 2.89. The molecule has 0 saturated carbocycles. The van der Waals surface area contributed by atoms with Gasteiger partial charge in [0.25, 0.3) is 5.91 Å². The summed E-state index contributed by atoms with van der Waals surface area (Å²) in [7, 11) is 0. The van der Waals surface area contributed by atoms with Gasteiger partial charge >= 0.3 is 5.97 Å². The van der Waals surface area contributed by atoms with E-state index in [9.17, 15) is 9.59 Å². The van der Waals surface area contributed by atoms with Crippen molar-refractivity contribution in [3.63, 3.8) is 0 Å². The van der Waals surface area contributed by atoms with Crippen LogP contribution in [0.5, 0.6) is 0 Å². The molecule has 6 heteroatoms. The Labute approximate surface area is 123 Å². The normalized spacial score (nSPS) is 10.5. The SMILES string of the molecule is O=C(O)c1cccc(C(=O)Nc2nc3ccccc3s2)c1. The van der Waals surface area contributed by atoms with Crippen molar-refractivity contribution in [3.05, 3.63) is 59.7 Å². The minimum absolute atomic E-state index is 0.0759. The molecule has 0 atom stereocenters. The highest BCUT2D eigenvalue weighted by molar-refractivity contribution is 7.22. The number of carbonyl (C=O) groups excluding carboxylic acids is 1. The fourth-order valence-corrected chi connectivity index (χ4v) is 2.75. The Morgan fingerprint density at radius 1 is 1.05 bits per heavy atom. The summed E-state index contributed by atoms with van der Waals surface area (Å²) in [6, 6.07) is 13.5. The number of anilines is 1. The molecule has 2 N–H and O–H groups in total. The fraction of sp³-hybridized carbons (Fsp3) is 0. The number of carbonyl (C=O) groups is 2. The summed E-state index contributed by atoms with van der Waals surface area (Å²) in [4.78, 5) is 27.3. The van der Waals surface area contributed by atoms with Gasteiger partial charge in [0.1, 0.15) is 0 Å². The van der Waals surface area contributed by atoms with E-state index >= 15 is 0 Å². The maximum atomic E-state index is 12.1. The summed E-state index contributed by atoms with van der Waals surface area (Å²) in [5.74, 6) is -1.44. The molecule has 3 rings (SSSR count). The summed E-state index contributed by atoms with van der Waals surface area (Å²) in [5, 5.41) is 12.1. The number of fused-ring (bicyclic) bond motifs is 1. The predicted molar refractivity (Wildman–Crippen MR) is 81.0 cm³/mol. The Balaban J connectivity index is 1.85. The van der Waals surface area contributed by atoms with Crippen molar-refractivity contribution in [2.75, 3.05) is 5.32 Å². The number of nitrogens with one attached hydrogen (secondary N) is 1. The number of carboxylic acids is 1. The molecule has 5 nitrogen and oxygen atoms in total. The topological polar surface area (TPSA) is 79.3 Å². The third-order valence-electron chi connectivity index (χ3n) is 2.89. The Kier molecular flexibility index (Phi) is 3.37. The number of aromatic carboxylic acids is 1. The number of thiazole rings is 1. The molecule has 2 aromatic carbocycles. The molecule has 0 radical (unpaired) electrons. The number of hydrogen-bond donors (Lipinski definition) is 2. The van der Waals surface area contributed by atoms with Gasteiger partial charge in [0.2, 0.25) is 0 Å². The molecule has 0 fully saturated rings. The van der Waals surface area contributed by atoms with E-state index in [1.165, 1.54) is 29.5 Å². The van der Waals surface area contributed by atoms with Crippen molar-refractivity contribution in [2.24, 2.45) is 0 Å². The van der Waals surface area contributed by atoms with E-state index in [1.807, 2.05) is 24.3 Å². The van der Waals surface area contributed by atoms with E-state index in [4.69, 9.17) is 5.11 Å². The number of amides is 1. The van der Waals surface area contributed by atoms with Crippen molar-refractivity contribution in [1.29, 1.82) is 0 Å². The number of aromatic nitrogens is 1. The van der Waals surface area contributed by atoms with Gasteiger partial charge < -0.3 is 5.11 Å². The van der Waals surface area contributed by atoms with E-state index < -0.39 is 5.97 Å². The number of para-hydroxylation sites is 1. The van der Waals surface area contributed by atoms with Crippen LogP contribution in [0.4, 0.5) is 5.13 Å². The molecule has 0 aliphatic heterocycles. The molecule has 0 saturated heterocycles. The molecular formula is C15H10N2O3S. The zero-order chi connectivity index (χ0) is 14.8. The van der Waals surface area contributed by atoms with Gasteiger partial charge in [-0.2, -0.15) is 0 Å². The maximum absolute atomic E-state index is 12.1. The van der Waals surface area contributed by atoms with Gasteiger partial charge in [-0.1, -0.05) is 29.5 Å². The summed E-state index contributed by atoms with van der Waals surface area (Å²) >= 11 is 1.37. The third-order valence-corrected chi connectivity index (χ3v) is 3.84. The Hall–Kier alpha value is -2.73. The Bertz CT molecular complexity index is 809. The zero-order valence-electron chi connectivity index (χ0n) is 10.7. The van der Waals surface area contributed by atoms with E-state index in [0.29, 0.717) is 5.13 Å². The second-order valence-electron chi connectivity index (χ2n) is 4.33. The molecule has 0 aliphatic rings. The minimum Gasteiger partial charge on any atom is -0.478 e. The first kappa shape index (κ1) is 13.3. The van der Waals surface area contributed by atoms with E-state index in [1.54, 1.807) is 6.07 Å². The second-order valence-corrected chi connectivity index (χ2v) is 5.36. The lowest BCUT2D eigenvalue weighted by molar-refractivity contribution is 0.0697. The molecule has 21 heavy (non-hydrogen) atoms. The van der Waals surface area contributed by atoms with Gasteiger partial charge in [-0.05, 0) is 30.3 Å². The molecule has 0 aliphatic carbocycles. The number of carboxylic acid groups (broad SMARTS) is 1. The highest BCUT2D eigenvalue weighted by Crippen LogP contribution is 2.25. The first-order valence-corrected chi connectivity index (χ1v) is 6.95. The molecule has 0 unspecified atom stereocenters.